The summed E-state index contributed by atoms with van der Waals surface area (Å²) in [7, 11) is 0. The van der Waals surface area contributed by atoms with Crippen molar-refractivity contribution in [3.05, 3.63) is 60.1 Å². The minimum Gasteiger partial charge on any atom is -0.468 e. The summed E-state index contributed by atoms with van der Waals surface area (Å²) in [4.78, 5) is 14.4. The zero-order valence-corrected chi connectivity index (χ0v) is 14.7. The summed E-state index contributed by atoms with van der Waals surface area (Å²) in [6.07, 6.45) is -0.942. The Hall–Kier alpha value is -2.48. The summed E-state index contributed by atoms with van der Waals surface area (Å²) in [6, 6.07) is 7.77. The van der Waals surface area contributed by atoms with E-state index in [-0.39, 0.29) is 18.2 Å². The Balaban J connectivity index is 1.64. The number of carbonyl (C=O) groups is 1. The molecule has 1 aliphatic heterocycles. The van der Waals surface area contributed by atoms with Gasteiger partial charge in [0.1, 0.15) is 5.76 Å². The first kappa shape index (κ1) is 19.3. The monoisotopic (exact) mass is 381 g/mol. The van der Waals surface area contributed by atoms with Gasteiger partial charge in [0.05, 0.1) is 12.3 Å². The molecule has 5 nitrogen and oxygen atoms in total. The molecule has 2 aromatic rings. The van der Waals surface area contributed by atoms with Crippen molar-refractivity contribution < 1.29 is 22.4 Å². The molecule has 0 bridgehead atoms. The Labute approximate surface area is 155 Å². The lowest BCUT2D eigenvalue weighted by atomic mass is 10.1. The molecule has 0 radical (unpaired) electrons. The molecular formula is C19H22F3N3O2. The molecule has 2 atom stereocenters. The fourth-order valence-corrected chi connectivity index (χ4v) is 3.31. The first-order valence-electron chi connectivity index (χ1n) is 8.88. The van der Waals surface area contributed by atoms with Gasteiger partial charge in [0.15, 0.2) is 6.04 Å². The van der Waals surface area contributed by atoms with Crippen LogP contribution < -0.4 is 10.6 Å². The number of nitrogens with one attached hydrogen (secondary N) is 2. The Bertz CT molecular complexity index is 714. The molecule has 2 unspecified atom stereocenters. The number of benzene rings is 1. The number of carbonyl (C=O) groups excluding carboxylic acids is 1. The van der Waals surface area contributed by atoms with Crippen LogP contribution in [-0.4, -0.2) is 36.7 Å². The maximum Gasteiger partial charge on any atom is 0.412 e. The number of hydrogen-bond acceptors (Lipinski definition) is 3. The van der Waals surface area contributed by atoms with E-state index < -0.39 is 18.2 Å². The van der Waals surface area contributed by atoms with Crippen LogP contribution in [-0.2, 0) is 0 Å². The molecule has 3 rings (SSSR count). The molecule has 1 aromatic carbocycles. The van der Waals surface area contributed by atoms with E-state index in [0.717, 1.165) is 25.9 Å². The van der Waals surface area contributed by atoms with Gasteiger partial charge < -0.3 is 15.1 Å². The SMILES string of the molecule is O=C(NCC(c1ccco1)N1CCCC1)NC(c1ccccc1)C(F)(F)F. The Kier molecular flexibility index (Phi) is 6.05. The molecule has 0 spiro atoms. The number of halogens is 3. The second-order valence-corrected chi connectivity index (χ2v) is 6.51. The van der Waals surface area contributed by atoms with Gasteiger partial charge in [-0.3, -0.25) is 4.90 Å². The van der Waals surface area contributed by atoms with Gasteiger partial charge >= 0.3 is 12.2 Å². The predicted octanol–water partition coefficient (Wildman–Crippen LogP) is 4.02. The van der Waals surface area contributed by atoms with Crippen LogP contribution in [0.4, 0.5) is 18.0 Å². The number of rotatable bonds is 6. The minimum absolute atomic E-state index is 0.0118. The van der Waals surface area contributed by atoms with Crippen LogP contribution >= 0.6 is 0 Å². The molecular weight excluding hydrogens is 359 g/mol. The van der Waals surface area contributed by atoms with E-state index in [1.165, 1.54) is 24.3 Å². The van der Waals surface area contributed by atoms with E-state index in [4.69, 9.17) is 4.42 Å². The Morgan fingerprint density at radius 3 is 2.41 bits per heavy atom. The van der Waals surface area contributed by atoms with Gasteiger partial charge in [0.2, 0.25) is 0 Å². The Morgan fingerprint density at radius 1 is 1.11 bits per heavy atom. The van der Waals surface area contributed by atoms with Gasteiger partial charge in [-0.2, -0.15) is 13.2 Å². The van der Waals surface area contributed by atoms with E-state index >= 15 is 0 Å². The van der Waals surface area contributed by atoms with E-state index in [9.17, 15) is 18.0 Å². The van der Waals surface area contributed by atoms with Crippen molar-refractivity contribution in [3.63, 3.8) is 0 Å². The molecule has 0 saturated carbocycles. The van der Waals surface area contributed by atoms with E-state index in [2.05, 4.69) is 10.2 Å². The molecule has 27 heavy (non-hydrogen) atoms. The van der Waals surface area contributed by atoms with Crippen LogP contribution in [0.5, 0.6) is 0 Å². The lowest BCUT2D eigenvalue weighted by Gasteiger charge is -2.27. The van der Waals surface area contributed by atoms with Crippen LogP contribution in [0.25, 0.3) is 0 Å². The van der Waals surface area contributed by atoms with Crippen LogP contribution in [0.15, 0.2) is 53.1 Å². The first-order valence-corrected chi connectivity index (χ1v) is 8.88. The third-order valence-corrected chi connectivity index (χ3v) is 4.64. The summed E-state index contributed by atoms with van der Waals surface area (Å²) in [6.45, 7) is 1.90. The van der Waals surface area contributed by atoms with Crippen molar-refractivity contribution in [3.8, 4) is 0 Å². The van der Waals surface area contributed by atoms with E-state index in [0.29, 0.717) is 5.76 Å². The smallest absolute Gasteiger partial charge is 0.412 e. The predicted molar refractivity (Wildman–Crippen MR) is 94.0 cm³/mol. The van der Waals surface area contributed by atoms with E-state index in [1.54, 1.807) is 18.4 Å². The number of urea groups is 1. The fourth-order valence-electron chi connectivity index (χ4n) is 3.31. The molecule has 1 saturated heterocycles. The number of nitrogens with zero attached hydrogens (tertiary/aromatic N) is 1. The van der Waals surface area contributed by atoms with Gasteiger partial charge in [0.25, 0.3) is 0 Å². The van der Waals surface area contributed by atoms with Crippen molar-refractivity contribution in [1.29, 1.82) is 0 Å². The average molecular weight is 381 g/mol. The number of hydrogen-bond donors (Lipinski definition) is 2. The Morgan fingerprint density at radius 2 is 1.81 bits per heavy atom. The maximum atomic E-state index is 13.4. The summed E-state index contributed by atoms with van der Waals surface area (Å²) in [5.74, 6) is 0.688. The number of amides is 2. The molecule has 1 fully saturated rings. The topological polar surface area (TPSA) is 57.5 Å². The highest BCUT2D eigenvalue weighted by Crippen LogP contribution is 2.32. The summed E-state index contributed by atoms with van der Waals surface area (Å²) in [5.41, 5.74) is -0.0118. The zero-order chi connectivity index (χ0) is 19.3. The van der Waals surface area contributed by atoms with Crippen LogP contribution in [0.3, 0.4) is 0 Å². The molecule has 1 aromatic heterocycles. The van der Waals surface area contributed by atoms with Crippen molar-refractivity contribution in [1.82, 2.24) is 15.5 Å². The lowest BCUT2D eigenvalue weighted by molar-refractivity contribution is -0.154. The van der Waals surface area contributed by atoms with Crippen LogP contribution in [0.1, 0.15) is 36.2 Å². The number of furan rings is 1. The highest BCUT2D eigenvalue weighted by Gasteiger charge is 2.42. The van der Waals surface area contributed by atoms with Gasteiger partial charge in [0, 0.05) is 6.54 Å². The van der Waals surface area contributed by atoms with Crippen molar-refractivity contribution >= 4 is 6.03 Å². The van der Waals surface area contributed by atoms with Crippen molar-refractivity contribution in [2.24, 2.45) is 0 Å². The molecule has 0 aliphatic carbocycles. The number of alkyl halides is 3. The summed E-state index contributed by atoms with van der Waals surface area (Å²) in [5, 5.41) is 4.61. The highest BCUT2D eigenvalue weighted by molar-refractivity contribution is 5.74. The van der Waals surface area contributed by atoms with Gasteiger partial charge in [-0.15, -0.1) is 0 Å². The summed E-state index contributed by atoms with van der Waals surface area (Å²) >= 11 is 0. The number of likely N-dealkylation sites (tertiary alicyclic amines) is 1. The largest absolute Gasteiger partial charge is 0.468 e. The maximum absolute atomic E-state index is 13.4. The molecule has 2 N–H and O–H groups in total. The van der Waals surface area contributed by atoms with Crippen molar-refractivity contribution in [2.45, 2.75) is 31.1 Å². The standard InChI is InChI=1S/C19H22F3N3O2/c20-19(21,22)17(14-7-2-1-3-8-14)24-18(26)23-13-15(16-9-6-12-27-16)25-10-4-5-11-25/h1-3,6-9,12,15,17H,4-5,10-11,13H2,(H2,23,24,26). The van der Waals surface area contributed by atoms with Crippen LogP contribution in [0.2, 0.25) is 0 Å². The quantitative estimate of drug-likeness (QED) is 0.795. The lowest BCUT2D eigenvalue weighted by Crippen LogP contribution is -2.46. The second-order valence-electron chi connectivity index (χ2n) is 6.51. The van der Waals surface area contributed by atoms with Crippen LogP contribution in [0, 0.1) is 0 Å². The van der Waals surface area contributed by atoms with E-state index in [1.807, 2.05) is 11.4 Å². The third kappa shape index (κ3) is 5.03. The van der Waals surface area contributed by atoms with Gasteiger partial charge in [-0.1, -0.05) is 30.3 Å². The van der Waals surface area contributed by atoms with Gasteiger partial charge in [-0.05, 0) is 43.6 Å². The highest BCUT2D eigenvalue weighted by atomic mass is 19.4. The molecule has 2 amide bonds. The molecule has 1 aliphatic rings. The second kappa shape index (κ2) is 8.47. The molecule has 146 valence electrons. The first-order chi connectivity index (χ1) is 12.9. The average Bonchev–Trinajstić information content (AvgIpc) is 3.34. The zero-order valence-electron chi connectivity index (χ0n) is 14.7. The minimum atomic E-state index is -4.59. The molecule has 8 heteroatoms. The third-order valence-electron chi connectivity index (χ3n) is 4.64. The molecule has 2 heterocycles. The van der Waals surface area contributed by atoms with Gasteiger partial charge in [-0.25, -0.2) is 4.79 Å². The normalized spacial score (nSPS) is 17.4. The van der Waals surface area contributed by atoms with Crippen molar-refractivity contribution in [2.75, 3.05) is 19.6 Å². The fraction of sp³-hybridized carbons (Fsp3) is 0.421. The summed E-state index contributed by atoms with van der Waals surface area (Å²) < 4.78 is 45.6.